The van der Waals surface area contributed by atoms with Gasteiger partial charge in [0.1, 0.15) is 34.5 Å². The fourth-order valence-corrected chi connectivity index (χ4v) is 14.9. The van der Waals surface area contributed by atoms with Crippen LogP contribution in [0.5, 0.6) is 103 Å². The number of benzene rings is 13. The zero-order chi connectivity index (χ0) is 80.4. The standard InChI is InChI=1S/C96H90O18/c1-97-73-49-85(109-13)79(103-7)43-67(73)55-19-31-61(32-20-55)91-92(62-33-21-56(22-34-62)68-44-80(104-8)86(110-14)50-74(68)98-2)94(64-37-25-58(26-38-64)70-46-82(106-10)88(112-16)52-76(70)100-4)96(66-41-29-60(30-42-66)72-48-84(108-12)90(114-18)54-78(72)102-6)95(65-39-27-59(28-40-65)71-47-83(107-11)89(113-17)53-77(71)101-5)93(91)63-35-23-57(24-36-63)69-45-81(105-9)87(111-15)51-75(69)99-3/h19-54H,1-18H3. The SMILES string of the molecule is COc1cc(OC)c(-c2ccc(-c3c(-c4ccc(-c5cc(OC)c(OC)cc5OC)cc4)c(-c4ccc(-c5cc(OC)c(OC)cc5OC)cc4)c(-c4ccc(-c5cc(OC)c(OC)cc5OC)cc4)c(-c4ccc(-c5cc(OC)c(OC)cc5OC)cc4)c3-c3ccc(-c4cc(OC)c(OC)cc4OC)cc3)cc2)cc1OC. The van der Waals surface area contributed by atoms with Gasteiger partial charge in [-0.2, -0.15) is 0 Å². The van der Waals surface area contributed by atoms with Gasteiger partial charge in [0, 0.05) is 69.8 Å². The van der Waals surface area contributed by atoms with E-state index < -0.39 is 0 Å². The fourth-order valence-electron chi connectivity index (χ4n) is 14.9. The minimum atomic E-state index is 0.525. The quantitative estimate of drug-likeness (QED) is 0.0417. The van der Waals surface area contributed by atoms with Crippen molar-refractivity contribution in [3.63, 3.8) is 0 Å². The van der Waals surface area contributed by atoms with Gasteiger partial charge >= 0.3 is 0 Å². The Morgan fingerprint density at radius 2 is 0.193 bits per heavy atom. The molecular formula is C96H90O18. The Labute approximate surface area is 665 Å². The molecule has 0 aliphatic heterocycles. The second-order valence-corrected chi connectivity index (χ2v) is 26.2. The Hall–Kier alpha value is -13.7. The smallest absolute Gasteiger partial charge is 0.164 e. The highest BCUT2D eigenvalue weighted by molar-refractivity contribution is 6.16. The van der Waals surface area contributed by atoms with Crippen molar-refractivity contribution in [2.45, 2.75) is 0 Å². The number of hydrogen-bond donors (Lipinski definition) is 0. The second kappa shape index (κ2) is 34.7. The van der Waals surface area contributed by atoms with Gasteiger partial charge in [0.25, 0.3) is 0 Å². The van der Waals surface area contributed by atoms with Gasteiger partial charge in [-0.25, -0.2) is 0 Å². The van der Waals surface area contributed by atoms with Crippen LogP contribution < -0.4 is 85.3 Å². The highest BCUT2D eigenvalue weighted by atomic mass is 16.5. The lowest BCUT2D eigenvalue weighted by molar-refractivity contribution is 0.349. The third kappa shape index (κ3) is 14.8. The fraction of sp³-hybridized carbons (Fsp3) is 0.188. The molecule has 0 heterocycles. The van der Waals surface area contributed by atoms with Gasteiger partial charge in [-0.05, 0) is 137 Å². The molecular weight excluding hydrogens is 1440 g/mol. The molecule has 0 spiro atoms. The maximum absolute atomic E-state index is 6.13. The Morgan fingerprint density at radius 3 is 0.289 bits per heavy atom. The average Bonchev–Trinajstić information content (AvgIpc) is 0.710. The number of ether oxygens (including phenoxy) is 18. The van der Waals surface area contributed by atoms with Gasteiger partial charge in [-0.3, -0.25) is 0 Å². The van der Waals surface area contributed by atoms with E-state index in [1.165, 1.54) is 0 Å². The first-order valence-electron chi connectivity index (χ1n) is 36.4. The van der Waals surface area contributed by atoms with Gasteiger partial charge in [0.2, 0.25) is 0 Å². The number of hydrogen-bond acceptors (Lipinski definition) is 18. The lowest BCUT2D eigenvalue weighted by Gasteiger charge is -2.29. The van der Waals surface area contributed by atoms with E-state index in [1.54, 1.807) is 128 Å². The molecule has 13 aromatic carbocycles. The molecule has 582 valence electrons. The second-order valence-electron chi connectivity index (χ2n) is 26.2. The Kier molecular flexibility index (Phi) is 23.8. The van der Waals surface area contributed by atoms with E-state index in [0.29, 0.717) is 103 Å². The van der Waals surface area contributed by atoms with Gasteiger partial charge in [0.15, 0.2) is 69.0 Å². The zero-order valence-electron chi connectivity index (χ0n) is 67.1. The monoisotopic (exact) mass is 1530 g/mol. The van der Waals surface area contributed by atoms with Gasteiger partial charge in [-0.15, -0.1) is 0 Å². The summed E-state index contributed by atoms with van der Waals surface area (Å²) in [6, 6.07) is 74.3. The van der Waals surface area contributed by atoms with Crippen LogP contribution in [0.15, 0.2) is 218 Å². The first-order chi connectivity index (χ1) is 55.7. The van der Waals surface area contributed by atoms with Crippen LogP contribution in [-0.4, -0.2) is 128 Å². The summed E-state index contributed by atoms with van der Waals surface area (Å²) < 4.78 is 107. The van der Waals surface area contributed by atoms with Crippen molar-refractivity contribution in [2.24, 2.45) is 0 Å². The maximum Gasteiger partial charge on any atom is 0.164 e. The molecule has 0 atom stereocenters. The summed E-state index contributed by atoms with van der Waals surface area (Å²) in [7, 11) is 29.3. The molecule has 0 bridgehead atoms. The highest BCUT2D eigenvalue weighted by Gasteiger charge is 2.32. The van der Waals surface area contributed by atoms with E-state index in [1.807, 2.05) is 72.8 Å². The molecule has 0 amide bonds. The maximum atomic E-state index is 6.13. The molecule has 18 heteroatoms. The average molecular weight is 1530 g/mol. The van der Waals surface area contributed by atoms with Crippen molar-refractivity contribution in [2.75, 3.05) is 128 Å². The van der Waals surface area contributed by atoms with Crippen molar-refractivity contribution in [1.82, 2.24) is 0 Å². The lowest BCUT2D eigenvalue weighted by Crippen LogP contribution is -2.03. The first kappa shape index (κ1) is 78.4. The normalized spacial score (nSPS) is 10.9. The molecule has 0 radical (unpaired) electrons. The molecule has 13 rings (SSSR count). The van der Waals surface area contributed by atoms with E-state index in [4.69, 9.17) is 85.3 Å². The molecule has 0 fully saturated rings. The highest BCUT2D eigenvalue weighted by Crippen LogP contribution is 2.59. The molecule has 114 heavy (non-hydrogen) atoms. The van der Waals surface area contributed by atoms with Crippen LogP contribution >= 0.6 is 0 Å². The minimum Gasteiger partial charge on any atom is -0.496 e. The van der Waals surface area contributed by atoms with Crippen LogP contribution in [0.3, 0.4) is 0 Å². The lowest BCUT2D eigenvalue weighted by atomic mass is 9.73. The summed E-state index contributed by atoms with van der Waals surface area (Å²) >= 11 is 0. The van der Waals surface area contributed by atoms with Crippen LogP contribution in [-0.2, 0) is 0 Å². The molecule has 0 unspecified atom stereocenters. The van der Waals surface area contributed by atoms with E-state index >= 15 is 0 Å². The topological polar surface area (TPSA) is 166 Å². The zero-order valence-corrected chi connectivity index (χ0v) is 67.1. The van der Waals surface area contributed by atoms with Crippen molar-refractivity contribution in [1.29, 1.82) is 0 Å². The summed E-state index contributed by atoms with van der Waals surface area (Å²) in [5, 5.41) is 0. The van der Waals surface area contributed by atoms with Gasteiger partial charge in [-0.1, -0.05) is 146 Å². The van der Waals surface area contributed by atoms with Crippen LogP contribution in [0.2, 0.25) is 0 Å². The Balaban J connectivity index is 1.24. The van der Waals surface area contributed by atoms with E-state index in [9.17, 15) is 0 Å². The molecule has 13 aromatic rings. The van der Waals surface area contributed by atoms with Crippen molar-refractivity contribution < 1.29 is 85.3 Å². The Bertz CT molecular complexity index is 4700. The summed E-state index contributed by atoms with van der Waals surface area (Å²) in [5.74, 6) is 9.93. The van der Waals surface area contributed by atoms with Crippen LogP contribution in [0.4, 0.5) is 0 Å². The predicted molar refractivity (Wildman–Crippen MR) is 450 cm³/mol. The first-order valence-corrected chi connectivity index (χ1v) is 36.4. The van der Waals surface area contributed by atoms with Crippen molar-refractivity contribution in [3.05, 3.63) is 218 Å². The van der Waals surface area contributed by atoms with Gasteiger partial charge in [0.05, 0.1) is 128 Å². The van der Waals surface area contributed by atoms with Gasteiger partial charge < -0.3 is 85.3 Å². The Morgan fingerprint density at radius 1 is 0.105 bits per heavy atom. The van der Waals surface area contributed by atoms with Crippen LogP contribution in [0.1, 0.15) is 0 Å². The summed E-state index contributed by atoms with van der Waals surface area (Å²) in [4.78, 5) is 0. The number of rotatable bonds is 30. The summed E-state index contributed by atoms with van der Waals surface area (Å²) in [6.07, 6.45) is 0. The van der Waals surface area contributed by atoms with E-state index in [2.05, 4.69) is 146 Å². The third-order valence-electron chi connectivity index (χ3n) is 20.6. The molecule has 0 saturated heterocycles. The minimum absolute atomic E-state index is 0.525. The molecule has 18 nitrogen and oxygen atoms in total. The molecule has 0 aromatic heterocycles. The predicted octanol–water partition coefficient (Wildman–Crippen LogP) is 21.8. The molecule has 0 aliphatic rings. The molecule has 0 N–H and O–H groups in total. The van der Waals surface area contributed by atoms with Crippen LogP contribution in [0.25, 0.3) is 134 Å². The van der Waals surface area contributed by atoms with E-state index in [-0.39, 0.29) is 0 Å². The summed E-state index contributed by atoms with van der Waals surface area (Å²) in [5.41, 5.74) is 20.3. The third-order valence-corrected chi connectivity index (χ3v) is 20.6. The number of methoxy groups -OCH3 is 18. The largest absolute Gasteiger partial charge is 0.496 e. The van der Waals surface area contributed by atoms with Crippen LogP contribution in [0, 0.1) is 0 Å². The molecule has 0 saturated carbocycles. The van der Waals surface area contributed by atoms with E-state index in [0.717, 1.165) is 134 Å². The summed E-state index contributed by atoms with van der Waals surface area (Å²) in [6.45, 7) is 0. The van der Waals surface area contributed by atoms with Crippen molar-refractivity contribution >= 4 is 0 Å². The van der Waals surface area contributed by atoms with Crippen molar-refractivity contribution in [3.8, 4) is 237 Å². The molecule has 0 aliphatic carbocycles.